The summed E-state index contributed by atoms with van der Waals surface area (Å²) in [6, 6.07) is 23.7. The van der Waals surface area contributed by atoms with Gasteiger partial charge in [0.25, 0.3) is 5.91 Å². The number of carbonyl (C=O) groups excluding carboxylic acids is 2. The first-order valence-corrected chi connectivity index (χ1v) is 12.1. The van der Waals surface area contributed by atoms with Crippen molar-refractivity contribution in [3.63, 3.8) is 0 Å². The molecule has 1 N–H and O–H groups in total. The highest BCUT2D eigenvalue weighted by Crippen LogP contribution is 2.45. The number of fused-ring (bicyclic) bond motifs is 3. The Morgan fingerprint density at radius 3 is 2.58 bits per heavy atom. The van der Waals surface area contributed by atoms with E-state index in [9.17, 15) is 14.7 Å². The van der Waals surface area contributed by atoms with Crippen LogP contribution in [-0.4, -0.2) is 30.0 Å². The van der Waals surface area contributed by atoms with Crippen LogP contribution in [0.1, 0.15) is 27.9 Å². The Labute approximate surface area is 212 Å². The molecule has 2 aliphatic heterocycles. The van der Waals surface area contributed by atoms with Crippen molar-refractivity contribution in [2.24, 2.45) is 0 Å². The number of Topliss-reactive ketones (excluding diaryl/α,β-unsaturated/α-hetero) is 1. The quantitative estimate of drug-likeness (QED) is 0.378. The molecule has 0 saturated heterocycles. The predicted molar refractivity (Wildman–Crippen MR) is 137 cm³/mol. The molecule has 6 nitrogen and oxygen atoms in total. The SMILES string of the molecule is O=C(C[C@@]1(O)C(=O)N(Cc2cccc3ccccc23)c2ccc(Cl)cc21)c1ccc2c(c1)OCCO2. The molecule has 36 heavy (non-hydrogen) atoms. The summed E-state index contributed by atoms with van der Waals surface area (Å²) in [7, 11) is 0. The van der Waals surface area contributed by atoms with Crippen molar-refractivity contribution < 1.29 is 24.2 Å². The second-order valence-corrected chi connectivity index (χ2v) is 9.45. The molecule has 2 aliphatic rings. The number of hydrogen-bond donors (Lipinski definition) is 1. The van der Waals surface area contributed by atoms with Crippen LogP contribution in [0.3, 0.4) is 0 Å². The monoisotopic (exact) mass is 499 g/mol. The number of halogens is 1. The maximum Gasteiger partial charge on any atom is 0.264 e. The van der Waals surface area contributed by atoms with Crippen LogP contribution in [-0.2, 0) is 16.9 Å². The number of ether oxygens (including phenoxy) is 2. The Morgan fingerprint density at radius 1 is 0.944 bits per heavy atom. The number of ketones is 1. The molecule has 4 aromatic rings. The molecule has 180 valence electrons. The van der Waals surface area contributed by atoms with E-state index in [0.717, 1.165) is 16.3 Å². The lowest BCUT2D eigenvalue weighted by atomic mass is 9.88. The summed E-state index contributed by atoms with van der Waals surface area (Å²) in [5.74, 6) is 0.0871. The Morgan fingerprint density at radius 2 is 1.72 bits per heavy atom. The molecule has 4 aromatic carbocycles. The molecule has 0 aliphatic carbocycles. The minimum Gasteiger partial charge on any atom is -0.486 e. The second-order valence-electron chi connectivity index (χ2n) is 9.01. The molecule has 6 rings (SSSR count). The second kappa shape index (κ2) is 8.66. The summed E-state index contributed by atoms with van der Waals surface area (Å²) in [6.45, 7) is 1.08. The van der Waals surface area contributed by atoms with Gasteiger partial charge in [0.1, 0.15) is 13.2 Å². The first-order valence-electron chi connectivity index (χ1n) is 11.7. The topological polar surface area (TPSA) is 76.1 Å². The van der Waals surface area contributed by atoms with Gasteiger partial charge in [0.2, 0.25) is 0 Å². The summed E-state index contributed by atoms with van der Waals surface area (Å²) < 4.78 is 11.1. The smallest absolute Gasteiger partial charge is 0.264 e. The van der Waals surface area contributed by atoms with E-state index in [-0.39, 0.29) is 12.3 Å². The van der Waals surface area contributed by atoms with Crippen LogP contribution in [0.4, 0.5) is 5.69 Å². The van der Waals surface area contributed by atoms with Gasteiger partial charge in [-0.2, -0.15) is 0 Å². The van der Waals surface area contributed by atoms with Gasteiger partial charge in [-0.3, -0.25) is 9.59 Å². The van der Waals surface area contributed by atoms with Gasteiger partial charge in [0.05, 0.1) is 18.7 Å². The minimum absolute atomic E-state index is 0.245. The maximum atomic E-state index is 13.8. The van der Waals surface area contributed by atoms with E-state index < -0.39 is 17.9 Å². The van der Waals surface area contributed by atoms with Gasteiger partial charge in [-0.15, -0.1) is 0 Å². The lowest BCUT2D eigenvalue weighted by Crippen LogP contribution is -2.41. The van der Waals surface area contributed by atoms with Gasteiger partial charge in [0.15, 0.2) is 22.9 Å². The summed E-state index contributed by atoms with van der Waals surface area (Å²) in [5, 5.41) is 14.2. The Kier molecular flexibility index (Phi) is 5.43. The van der Waals surface area contributed by atoms with Crippen LogP contribution in [0.5, 0.6) is 11.5 Å². The molecule has 0 fully saturated rings. The molecule has 0 aromatic heterocycles. The first kappa shape index (κ1) is 22.6. The molecule has 0 saturated carbocycles. The van der Waals surface area contributed by atoms with Gasteiger partial charge < -0.3 is 19.5 Å². The molecule has 0 radical (unpaired) electrons. The highest BCUT2D eigenvalue weighted by molar-refractivity contribution is 6.31. The number of benzene rings is 4. The van der Waals surface area contributed by atoms with Crippen LogP contribution in [0.25, 0.3) is 10.8 Å². The fourth-order valence-corrected chi connectivity index (χ4v) is 5.17. The number of aliphatic hydroxyl groups is 1. The number of carbonyl (C=O) groups is 2. The molecular formula is C29H22ClNO5. The first-order chi connectivity index (χ1) is 17.4. The molecule has 0 bridgehead atoms. The van der Waals surface area contributed by atoms with Crippen LogP contribution in [0, 0.1) is 0 Å². The third-order valence-electron chi connectivity index (χ3n) is 6.78. The number of nitrogens with zero attached hydrogens (tertiary/aromatic N) is 1. The van der Waals surface area contributed by atoms with Gasteiger partial charge in [-0.1, -0.05) is 54.1 Å². The van der Waals surface area contributed by atoms with E-state index in [2.05, 4.69) is 0 Å². The van der Waals surface area contributed by atoms with Gasteiger partial charge in [0, 0.05) is 16.1 Å². The number of hydrogen-bond acceptors (Lipinski definition) is 5. The highest BCUT2D eigenvalue weighted by Gasteiger charge is 2.51. The number of rotatable bonds is 5. The average Bonchev–Trinajstić information content (AvgIpc) is 3.09. The normalized spacial score (nSPS) is 18.4. The van der Waals surface area contributed by atoms with Gasteiger partial charge in [-0.05, 0) is 52.7 Å². The van der Waals surface area contributed by atoms with Crippen LogP contribution >= 0.6 is 11.6 Å². The van der Waals surface area contributed by atoms with Crippen molar-refractivity contribution in [3.05, 3.63) is 101 Å². The standard InChI is InChI=1S/C29H22ClNO5/c30-21-9-10-24-23(15-21)29(34,16-25(32)19-8-11-26-27(14-19)36-13-12-35-26)28(33)31(24)17-20-6-3-5-18-4-1-2-7-22(18)20/h1-11,14-15,34H,12-13,16-17H2/t29-/m0/s1. The molecule has 2 heterocycles. The molecule has 1 atom stereocenters. The summed E-state index contributed by atoms with van der Waals surface area (Å²) in [5.41, 5.74) is 0.0806. The van der Waals surface area contributed by atoms with Crippen molar-refractivity contribution in [1.29, 1.82) is 0 Å². The van der Waals surface area contributed by atoms with Crippen molar-refractivity contribution in [2.45, 2.75) is 18.6 Å². The van der Waals surface area contributed by atoms with Crippen LogP contribution in [0.15, 0.2) is 78.9 Å². The highest BCUT2D eigenvalue weighted by atomic mass is 35.5. The van der Waals surface area contributed by atoms with E-state index in [0.29, 0.717) is 46.5 Å². The van der Waals surface area contributed by atoms with Crippen LogP contribution < -0.4 is 14.4 Å². The van der Waals surface area contributed by atoms with Crippen molar-refractivity contribution in [2.75, 3.05) is 18.1 Å². The van der Waals surface area contributed by atoms with E-state index in [1.54, 1.807) is 36.4 Å². The van der Waals surface area contributed by atoms with Crippen molar-refractivity contribution in [3.8, 4) is 11.5 Å². The van der Waals surface area contributed by atoms with E-state index in [4.69, 9.17) is 21.1 Å². The fourth-order valence-electron chi connectivity index (χ4n) is 5.00. The fraction of sp³-hybridized carbons (Fsp3) is 0.172. The lowest BCUT2D eigenvalue weighted by Gasteiger charge is -2.24. The molecular weight excluding hydrogens is 478 g/mol. The Balaban J connectivity index is 1.36. The summed E-state index contributed by atoms with van der Waals surface area (Å²) in [6.07, 6.45) is -0.426. The minimum atomic E-state index is -2.05. The number of amides is 1. The molecule has 0 unspecified atom stereocenters. The lowest BCUT2D eigenvalue weighted by molar-refractivity contribution is -0.136. The third-order valence-corrected chi connectivity index (χ3v) is 7.02. The zero-order valence-electron chi connectivity index (χ0n) is 19.2. The third kappa shape index (κ3) is 3.70. The Bertz CT molecular complexity index is 1530. The molecule has 7 heteroatoms. The average molecular weight is 500 g/mol. The van der Waals surface area contributed by atoms with E-state index >= 15 is 0 Å². The maximum absolute atomic E-state index is 13.8. The predicted octanol–water partition coefficient (Wildman–Crippen LogP) is 5.27. The summed E-state index contributed by atoms with van der Waals surface area (Å²) >= 11 is 6.26. The summed E-state index contributed by atoms with van der Waals surface area (Å²) in [4.78, 5) is 28.6. The molecule has 0 spiro atoms. The van der Waals surface area contributed by atoms with Gasteiger partial charge in [-0.25, -0.2) is 0 Å². The van der Waals surface area contributed by atoms with E-state index in [1.165, 1.54) is 4.90 Å². The zero-order valence-corrected chi connectivity index (χ0v) is 20.0. The number of anilines is 1. The largest absolute Gasteiger partial charge is 0.486 e. The molecule has 1 amide bonds. The van der Waals surface area contributed by atoms with Gasteiger partial charge >= 0.3 is 0 Å². The Hall–Kier alpha value is -3.87. The van der Waals surface area contributed by atoms with Crippen molar-refractivity contribution >= 4 is 39.8 Å². The van der Waals surface area contributed by atoms with Crippen LogP contribution in [0.2, 0.25) is 5.02 Å². The van der Waals surface area contributed by atoms with E-state index in [1.807, 2.05) is 42.5 Å². The van der Waals surface area contributed by atoms with Crippen molar-refractivity contribution in [1.82, 2.24) is 0 Å². The zero-order chi connectivity index (χ0) is 24.9.